The van der Waals surface area contributed by atoms with Gasteiger partial charge in [-0.25, -0.2) is 4.39 Å². The molecule has 0 fully saturated rings. The summed E-state index contributed by atoms with van der Waals surface area (Å²) in [6.07, 6.45) is -0.345. The van der Waals surface area contributed by atoms with Crippen molar-refractivity contribution in [3.63, 3.8) is 0 Å². The van der Waals surface area contributed by atoms with Crippen LogP contribution >= 0.6 is 0 Å². The molecule has 32 heavy (non-hydrogen) atoms. The highest BCUT2D eigenvalue weighted by molar-refractivity contribution is 5.81. The van der Waals surface area contributed by atoms with Crippen LogP contribution in [-0.4, -0.2) is 90.0 Å². The van der Waals surface area contributed by atoms with Crippen LogP contribution in [0.4, 0.5) is 4.39 Å². The first-order valence-electron chi connectivity index (χ1n) is 11.7. The molecule has 4 unspecified atom stereocenters. The second kappa shape index (κ2) is 20.5. The van der Waals surface area contributed by atoms with Gasteiger partial charge in [-0.15, -0.1) is 0 Å². The van der Waals surface area contributed by atoms with Crippen molar-refractivity contribution in [1.82, 2.24) is 5.32 Å². The lowest BCUT2D eigenvalue weighted by molar-refractivity contribution is -0.127. The number of nitrogens with one attached hydrogen (secondary N) is 1. The number of ether oxygens (including phenoxy) is 5. The van der Waals surface area contributed by atoms with E-state index in [1.165, 1.54) is 0 Å². The van der Waals surface area contributed by atoms with Crippen LogP contribution in [-0.2, 0) is 33.3 Å². The first-order chi connectivity index (χ1) is 15.3. The Kier molecular flexibility index (Phi) is 19.8. The molecule has 0 saturated carbocycles. The van der Waals surface area contributed by atoms with Gasteiger partial charge in [0.15, 0.2) is 5.78 Å². The lowest BCUT2D eigenvalue weighted by atomic mass is 10.1. The minimum Gasteiger partial charge on any atom is -0.377 e. The minimum absolute atomic E-state index is 0.0377. The van der Waals surface area contributed by atoms with E-state index in [1.54, 1.807) is 6.92 Å². The summed E-state index contributed by atoms with van der Waals surface area (Å²) in [5, 5.41) is 2.60. The lowest BCUT2D eigenvalue weighted by Crippen LogP contribution is -2.38. The zero-order valence-electron chi connectivity index (χ0n) is 20.5. The zero-order valence-corrected chi connectivity index (χ0v) is 20.5. The molecule has 0 aliphatic rings. The SMILES string of the molecule is CCC(C)C(=O)COCCOCCOCCOCCOC(C)C(F)CNC(=O)C(C)CC. The predicted molar refractivity (Wildman–Crippen MR) is 121 cm³/mol. The standard InChI is InChI=1S/C23H44FNO7/c1-6-18(3)22(26)17-31-13-12-29-9-8-28-10-11-30-14-15-32-20(5)21(24)16-25-23(27)19(4)7-2/h18-21H,6-17H2,1-5H3,(H,25,27). The van der Waals surface area contributed by atoms with Crippen molar-refractivity contribution in [1.29, 1.82) is 0 Å². The van der Waals surface area contributed by atoms with Crippen LogP contribution < -0.4 is 5.32 Å². The fourth-order valence-electron chi connectivity index (χ4n) is 2.32. The molecular formula is C23H44FNO7. The number of rotatable bonds is 22. The molecule has 4 atom stereocenters. The Bertz CT molecular complexity index is 481. The Morgan fingerprint density at radius 3 is 1.72 bits per heavy atom. The molecule has 0 aromatic rings. The maximum atomic E-state index is 14.0. The topological polar surface area (TPSA) is 92.3 Å². The number of carbonyl (C=O) groups excluding carboxylic acids is 2. The van der Waals surface area contributed by atoms with Gasteiger partial charge in [0, 0.05) is 11.8 Å². The molecule has 0 rings (SSSR count). The summed E-state index contributed by atoms with van der Waals surface area (Å²) in [7, 11) is 0. The number of hydrogen-bond donors (Lipinski definition) is 1. The highest BCUT2D eigenvalue weighted by Gasteiger charge is 2.19. The van der Waals surface area contributed by atoms with Gasteiger partial charge < -0.3 is 29.0 Å². The Morgan fingerprint density at radius 2 is 1.22 bits per heavy atom. The van der Waals surface area contributed by atoms with Crippen molar-refractivity contribution in [2.45, 2.75) is 59.7 Å². The third-order valence-electron chi connectivity index (χ3n) is 5.17. The van der Waals surface area contributed by atoms with E-state index in [-0.39, 0.29) is 43.3 Å². The van der Waals surface area contributed by atoms with E-state index in [1.807, 2.05) is 27.7 Å². The molecule has 0 aliphatic heterocycles. The lowest BCUT2D eigenvalue weighted by Gasteiger charge is -2.19. The predicted octanol–water partition coefficient (Wildman–Crippen LogP) is 2.57. The molecule has 0 spiro atoms. The number of amides is 1. The van der Waals surface area contributed by atoms with E-state index in [2.05, 4.69) is 5.32 Å². The second-order valence-corrected chi connectivity index (χ2v) is 7.81. The van der Waals surface area contributed by atoms with Crippen LogP contribution in [0.15, 0.2) is 0 Å². The molecule has 0 bridgehead atoms. The average Bonchev–Trinajstić information content (AvgIpc) is 2.80. The van der Waals surface area contributed by atoms with E-state index in [0.29, 0.717) is 46.2 Å². The van der Waals surface area contributed by atoms with Crippen LogP contribution in [0.3, 0.4) is 0 Å². The highest BCUT2D eigenvalue weighted by atomic mass is 19.1. The van der Waals surface area contributed by atoms with Gasteiger partial charge in [0.2, 0.25) is 5.91 Å². The van der Waals surface area contributed by atoms with Gasteiger partial charge in [-0.1, -0.05) is 27.7 Å². The molecule has 9 heteroatoms. The van der Waals surface area contributed by atoms with Crippen molar-refractivity contribution in [2.24, 2.45) is 11.8 Å². The number of hydrogen-bond acceptors (Lipinski definition) is 7. The van der Waals surface area contributed by atoms with Crippen molar-refractivity contribution in [3.8, 4) is 0 Å². The molecule has 1 N–H and O–H groups in total. The first-order valence-corrected chi connectivity index (χ1v) is 11.7. The quantitative estimate of drug-likeness (QED) is 0.246. The Labute approximate surface area is 192 Å². The first kappa shape index (κ1) is 30.9. The normalized spacial score (nSPS) is 15.2. The third-order valence-corrected chi connectivity index (χ3v) is 5.17. The molecule has 1 amide bonds. The molecular weight excluding hydrogens is 421 g/mol. The molecule has 0 aromatic heterocycles. The zero-order chi connectivity index (χ0) is 24.2. The average molecular weight is 466 g/mol. The molecule has 0 aromatic carbocycles. The number of ketones is 1. The summed E-state index contributed by atoms with van der Waals surface area (Å²) in [6, 6.07) is 0. The van der Waals surface area contributed by atoms with Gasteiger partial charge in [0.1, 0.15) is 12.8 Å². The number of halogens is 1. The highest BCUT2D eigenvalue weighted by Crippen LogP contribution is 2.05. The Morgan fingerprint density at radius 1 is 0.750 bits per heavy atom. The van der Waals surface area contributed by atoms with E-state index in [9.17, 15) is 14.0 Å². The maximum Gasteiger partial charge on any atom is 0.222 e. The van der Waals surface area contributed by atoms with Crippen molar-refractivity contribution in [2.75, 3.05) is 66.0 Å². The summed E-state index contributed by atoms with van der Waals surface area (Å²) in [5.74, 6) is -0.106. The van der Waals surface area contributed by atoms with Crippen LogP contribution in [0, 0.1) is 11.8 Å². The molecule has 0 saturated heterocycles. The summed E-state index contributed by atoms with van der Waals surface area (Å²) < 4.78 is 40.8. The molecule has 0 heterocycles. The van der Waals surface area contributed by atoms with Gasteiger partial charge >= 0.3 is 0 Å². The maximum absolute atomic E-state index is 14.0. The molecule has 0 radical (unpaired) electrons. The minimum atomic E-state index is -1.27. The monoisotopic (exact) mass is 465 g/mol. The van der Waals surface area contributed by atoms with Crippen LogP contribution in [0.25, 0.3) is 0 Å². The number of Topliss-reactive ketones (excluding diaryl/α,β-unsaturated/α-hetero) is 1. The van der Waals surface area contributed by atoms with Crippen LogP contribution in [0.5, 0.6) is 0 Å². The van der Waals surface area contributed by atoms with E-state index in [0.717, 1.165) is 12.8 Å². The fraction of sp³-hybridized carbons (Fsp3) is 0.913. The third kappa shape index (κ3) is 16.5. The Balaban J connectivity index is 3.43. The smallest absolute Gasteiger partial charge is 0.222 e. The van der Waals surface area contributed by atoms with Crippen molar-refractivity contribution >= 4 is 11.7 Å². The summed E-state index contributed by atoms with van der Waals surface area (Å²) >= 11 is 0. The van der Waals surface area contributed by atoms with Crippen molar-refractivity contribution < 1.29 is 37.7 Å². The molecule has 190 valence electrons. The van der Waals surface area contributed by atoms with Gasteiger partial charge in [-0.2, -0.15) is 0 Å². The second-order valence-electron chi connectivity index (χ2n) is 7.81. The molecule has 8 nitrogen and oxygen atoms in total. The summed E-state index contributed by atoms with van der Waals surface area (Å²) in [6.45, 7) is 12.4. The number of alkyl halides is 1. The van der Waals surface area contributed by atoms with Crippen molar-refractivity contribution in [3.05, 3.63) is 0 Å². The van der Waals surface area contributed by atoms with Crippen LogP contribution in [0.1, 0.15) is 47.5 Å². The van der Waals surface area contributed by atoms with Gasteiger partial charge in [0.05, 0.1) is 65.5 Å². The fourth-order valence-corrected chi connectivity index (χ4v) is 2.32. The van der Waals surface area contributed by atoms with E-state index >= 15 is 0 Å². The summed E-state index contributed by atoms with van der Waals surface area (Å²) in [4.78, 5) is 23.2. The van der Waals surface area contributed by atoms with Crippen LogP contribution in [0.2, 0.25) is 0 Å². The number of carbonyl (C=O) groups is 2. The van der Waals surface area contributed by atoms with E-state index in [4.69, 9.17) is 23.7 Å². The van der Waals surface area contributed by atoms with Gasteiger partial charge in [-0.3, -0.25) is 9.59 Å². The van der Waals surface area contributed by atoms with Gasteiger partial charge in [-0.05, 0) is 19.8 Å². The summed E-state index contributed by atoms with van der Waals surface area (Å²) in [5.41, 5.74) is 0. The largest absolute Gasteiger partial charge is 0.377 e. The Hall–Kier alpha value is -1.13. The van der Waals surface area contributed by atoms with E-state index < -0.39 is 12.3 Å². The molecule has 0 aliphatic carbocycles. The van der Waals surface area contributed by atoms with Gasteiger partial charge in [0.25, 0.3) is 0 Å².